The number of esters is 1. The van der Waals surface area contributed by atoms with Gasteiger partial charge in [-0.1, -0.05) is 12.1 Å². The number of hydrogen-bond donors (Lipinski definition) is 0. The molecular formula is C24H26O6. The molecule has 6 heteroatoms. The highest BCUT2D eigenvalue weighted by Crippen LogP contribution is 2.43. The second-order valence-electron chi connectivity index (χ2n) is 6.95. The lowest BCUT2D eigenvalue weighted by atomic mass is 9.73. The van der Waals surface area contributed by atoms with Crippen molar-refractivity contribution in [3.05, 3.63) is 59.7 Å². The van der Waals surface area contributed by atoms with Crippen molar-refractivity contribution in [3.63, 3.8) is 0 Å². The van der Waals surface area contributed by atoms with Crippen molar-refractivity contribution in [3.8, 4) is 17.2 Å². The Balaban J connectivity index is 2.04. The van der Waals surface area contributed by atoms with Gasteiger partial charge < -0.3 is 18.9 Å². The minimum Gasteiger partial charge on any atom is -0.497 e. The number of benzene rings is 2. The van der Waals surface area contributed by atoms with E-state index < -0.39 is 11.9 Å². The Morgan fingerprint density at radius 3 is 2.23 bits per heavy atom. The Bertz CT molecular complexity index is 945. The van der Waals surface area contributed by atoms with Gasteiger partial charge >= 0.3 is 5.97 Å². The van der Waals surface area contributed by atoms with Crippen molar-refractivity contribution in [1.82, 2.24) is 0 Å². The number of ketones is 1. The molecule has 2 aromatic carbocycles. The Kier molecular flexibility index (Phi) is 6.77. The van der Waals surface area contributed by atoms with Gasteiger partial charge in [-0.05, 0) is 54.8 Å². The first-order valence-corrected chi connectivity index (χ1v) is 9.79. The second-order valence-corrected chi connectivity index (χ2v) is 6.95. The molecule has 30 heavy (non-hydrogen) atoms. The Morgan fingerprint density at radius 2 is 1.63 bits per heavy atom. The summed E-state index contributed by atoms with van der Waals surface area (Å²) in [6.45, 7) is 1.96. The van der Waals surface area contributed by atoms with Gasteiger partial charge in [-0.2, -0.15) is 0 Å². The van der Waals surface area contributed by atoms with Crippen LogP contribution in [0.25, 0.3) is 5.57 Å². The van der Waals surface area contributed by atoms with E-state index in [1.807, 2.05) is 36.4 Å². The van der Waals surface area contributed by atoms with Crippen LogP contribution in [0.5, 0.6) is 17.2 Å². The highest BCUT2D eigenvalue weighted by Gasteiger charge is 2.40. The minimum absolute atomic E-state index is 0.223. The summed E-state index contributed by atoms with van der Waals surface area (Å²) in [5.41, 5.74) is 2.48. The highest BCUT2D eigenvalue weighted by atomic mass is 16.5. The molecule has 0 bridgehead atoms. The molecule has 0 amide bonds. The molecule has 0 heterocycles. The van der Waals surface area contributed by atoms with E-state index in [2.05, 4.69) is 0 Å². The van der Waals surface area contributed by atoms with Gasteiger partial charge in [0.1, 0.15) is 23.2 Å². The number of carbonyl (C=O) groups is 2. The van der Waals surface area contributed by atoms with Crippen LogP contribution in [0.1, 0.15) is 30.4 Å². The molecule has 2 aromatic rings. The number of ether oxygens (including phenoxy) is 4. The Hall–Kier alpha value is -3.28. The lowest BCUT2D eigenvalue weighted by Crippen LogP contribution is -2.34. The molecule has 1 aliphatic carbocycles. The number of carbonyl (C=O) groups excluding carboxylic acids is 2. The van der Waals surface area contributed by atoms with Gasteiger partial charge in [0, 0.05) is 17.5 Å². The quantitative estimate of drug-likeness (QED) is 0.507. The van der Waals surface area contributed by atoms with E-state index in [0.29, 0.717) is 23.7 Å². The third-order valence-electron chi connectivity index (χ3n) is 5.30. The van der Waals surface area contributed by atoms with Gasteiger partial charge in [0.15, 0.2) is 5.78 Å². The molecule has 0 saturated carbocycles. The van der Waals surface area contributed by atoms with Crippen molar-refractivity contribution in [2.45, 2.75) is 19.3 Å². The molecule has 0 aliphatic heterocycles. The Morgan fingerprint density at radius 1 is 0.967 bits per heavy atom. The van der Waals surface area contributed by atoms with Gasteiger partial charge in [0.25, 0.3) is 0 Å². The molecule has 0 radical (unpaired) electrons. The summed E-state index contributed by atoms with van der Waals surface area (Å²) in [5, 5.41) is 0. The van der Waals surface area contributed by atoms with Crippen LogP contribution in [0.2, 0.25) is 0 Å². The molecule has 1 aliphatic rings. The average molecular weight is 410 g/mol. The zero-order valence-electron chi connectivity index (χ0n) is 17.6. The fraction of sp³-hybridized carbons (Fsp3) is 0.333. The number of allylic oxidation sites excluding steroid dienone is 2. The van der Waals surface area contributed by atoms with Crippen LogP contribution in [-0.2, 0) is 14.3 Å². The zero-order chi connectivity index (χ0) is 21.7. The molecule has 0 aromatic heterocycles. The maximum absolute atomic E-state index is 13.1. The van der Waals surface area contributed by atoms with Gasteiger partial charge in [-0.25, -0.2) is 0 Å². The highest BCUT2D eigenvalue weighted by molar-refractivity contribution is 6.11. The normalized spacial score (nSPS) is 18.4. The topological polar surface area (TPSA) is 71.1 Å². The third kappa shape index (κ3) is 4.32. The summed E-state index contributed by atoms with van der Waals surface area (Å²) >= 11 is 0. The molecule has 3 rings (SSSR count). The predicted molar refractivity (Wildman–Crippen MR) is 113 cm³/mol. The standard InChI is InChI=1S/C24H26O6/c1-5-30-24(26)23-20(15-6-8-17(27-2)9-7-15)12-16(13-21(23)25)19-11-10-18(28-3)14-22(19)29-4/h6-11,13-14,20,23H,5,12H2,1-4H3/t20-,23-/m0/s1. The number of hydrogen-bond acceptors (Lipinski definition) is 6. The molecule has 158 valence electrons. The molecule has 0 spiro atoms. The van der Waals surface area contributed by atoms with Crippen LogP contribution in [-0.4, -0.2) is 39.7 Å². The minimum atomic E-state index is -0.883. The van der Waals surface area contributed by atoms with E-state index in [0.717, 1.165) is 16.7 Å². The maximum atomic E-state index is 13.1. The molecule has 0 saturated heterocycles. The van der Waals surface area contributed by atoms with Gasteiger partial charge in [0.05, 0.1) is 27.9 Å². The van der Waals surface area contributed by atoms with Crippen molar-refractivity contribution < 1.29 is 28.5 Å². The van der Waals surface area contributed by atoms with Crippen LogP contribution in [0, 0.1) is 5.92 Å². The number of rotatable bonds is 7. The SMILES string of the molecule is CCOC(=O)[C@@H]1C(=O)C=C(c2ccc(OC)cc2OC)C[C@H]1c1ccc(OC)cc1. The third-order valence-corrected chi connectivity index (χ3v) is 5.30. The van der Waals surface area contributed by atoms with E-state index in [4.69, 9.17) is 18.9 Å². The van der Waals surface area contributed by atoms with Crippen LogP contribution in [0.15, 0.2) is 48.5 Å². The summed E-state index contributed by atoms with van der Waals surface area (Å²) in [6.07, 6.45) is 2.02. The van der Waals surface area contributed by atoms with Crippen LogP contribution < -0.4 is 14.2 Å². The maximum Gasteiger partial charge on any atom is 0.317 e. The first-order valence-electron chi connectivity index (χ1n) is 9.79. The van der Waals surface area contributed by atoms with Crippen molar-refractivity contribution in [1.29, 1.82) is 0 Å². The lowest BCUT2D eigenvalue weighted by Gasteiger charge is -2.30. The first kappa shape index (κ1) is 21.4. The summed E-state index contributed by atoms with van der Waals surface area (Å²) in [5.74, 6) is -0.0265. The second kappa shape index (κ2) is 9.48. The van der Waals surface area contributed by atoms with Gasteiger partial charge in [-0.15, -0.1) is 0 Å². The first-order chi connectivity index (χ1) is 14.5. The van der Waals surface area contributed by atoms with E-state index >= 15 is 0 Å². The monoisotopic (exact) mass is 410 g/mol. The van der Waals surface area contributed by atoms with Crippen molar-refractivity contribution in [2.24, 2.45) is 5.92 Å². The van der Waals surface area contributed by atoms with Gasteiger partial charge in [-0.3, -0.25) is 9.59 Å². The van der Waals surface area contributed by atoms with Crippen LogP contribution >= 0.6 is 0 Å². The molecule has 0 unspecified atom stereocenters. The summed E-state index contributed by atoms with van der Waals surface area (Å²) in [4.78, 5) is 25.7. The van der Waals surface area contributed by atoms with E-state index in [9.17, 15) is 9.59 Å². The fourth-order valence-electron chi connectivity index (χ4n) is 3.80. The molecule has 0 N–H and O–H groups in total. The van der Waals surface area contributed by atoms with Crippen LogP contribution in [0.4, 0.5) is 0 Å². The molecule has 6 nitrogen and oxygen atoms in total. The van der Waals surface area contributed by atoms with Crippen LogP contribution in [0.3, 0.4) is 0 Å². The summed E-state index contributed by atoms with van der Waals surface area (Å²) in [6, 6.07) is 12.9. The number of methoxy groups -OCH3 is 3. The summed E-state index contributed by atoms with van der Waals surface area (Å²) < 4.78 is 21.2. The molecule has 0 fully saturated rings. The average Bonchev–Trinajstić information content (AvgIpc) is 2.78. The largest absolute Gasteiger partial charge is 0.497 e. The van der Waals surface area contributed by atoms with Crippen molar-refractivity contribution >= 4 is 17.3 Å². The van der Waals surface area contributed by atoms with E-state index in [1.165, 1.54) is 6.08 Å². The van der Waals surface area contributed by atoms with E-state index in [1.54, 1.807) is 34.3 Å². The lowest BCUT2D eigenvalue weighted by molar-refractivity contribution is -0.151. The summed E-state index contributed by atoms with van der Waals surface area (Å²) in [7, 11) is 4.75. The molecule has 2 atom stereocenters. The van der Waals surface area contributed by atoms with E-state index in [-0.39, 0.29) is 18.3 Å². The molecular weight excluding hydrogens is 384 g/mol. The fourth-order valence-corrected chi connectivity index (χ4v) is 3.80. The Labute approximate surface area is 176 Å². The smallest absolute Gasteiger partial charge is 0.317 e. The van der Waals surface area contributed by atoms with Gasteiger partial charge in [0.2, 0.25) is 0 Å². The van der Waals surface area contributed by atoms with Crippen molar-refractivity contribution in [2.75, 3.05) is 27.9 Å². The predicted octanol–water partition coefficient (Wildman–Crippen LogP) is 4.03. The zero-order valence-corrected chi connectivity index (χ0v) is 17.6.